The highest BCUT2D eigenvalue weighted by atomic mass is 28.1. The Kier molecular flexibility index (Phi) is 4.51. The van der Waals surface area contributed by atoms with E-state index in [4.69, 9.17) is 0 Å². The minimum absolute atomic E-state index is 1.05. The highest BCUT2D eigenvalue weighted by Gasteiger charge is 1.95. The van der Waals surface area contributed by atoms with E-state index < -0.39 is 0 Å². The van der Waals surface area contributed by atoms with Crippen molar-refractivity contribution in [2.24, 2.45) is 5.92 Å². The summed E-state index contributed by atoms with van der Waals surface area (Å²) in [6.45, 7) is 4.57. The summed E-state index contributed by atoms with van der Waals surface area (Å²) in [6, 6.07) is 1.49. The first-order valence-corrected chi connectivity index (χ1v) is 4.76. The minimum Gasteiger partial charge on any atom is -0.0651 e. The van der Waals surface area contributed by atoms with Crippen LogP contribution in [0.3, 0.4) is 0 Å². The van der Waals surface area contributed by atoms with E-state index in [2.05, 4.69) is 13.8 Å². The third-order valence-corrected chi connectivity index (χ3v) is 2.89. The summed E-state index contributed by atoms with van der Waals surface area (Å²) in [7, 11) is 1.39. The lowest BCUT2D eigenvalue weighted by molar-refractivity contribution is 0.544. The van der Waals surface area contributed by atoms with Gasteiger partial charge in [-0.05, 0) is 5.92 Å². The summed E-state index contributed by atoms with van der Waals surface area (Å²) >= 11 is 0. The highest BCUT2D eigenvalue weighted by molar-refractivity contribution is 6.08. The second-order valence-corrected chi connectivity index (χ2v) is 2.91. The molecular formula is C6H16Si. The Bertz CT molecular complexity index is 25.7. The maximum atomic E-state index is 2.28. The molecule has 0 aliphatic rings. The third kappa shape index (κ3) is 2.86. The molecule has 0 rings (SSSR count). The van der Waals surface area contributed by atoms with Crippen LogP contribution in [-0.2, 0) is 0 Å². The lowest BCUT2D eigenvalue weighted by Gasteiger charge is -2.05. The van der Waals surface area contributed by atoms with Gasteiger partial charge >= 0.3 is 0 Å². The molecule has 0 aromatic carbocycles. The number of hydrogen-bond acceptors (Lipinski definition) is 0. The molecule has 0 unspecified atom stereocenters. The second kappa shape index (κ2) is 4.38. The summed E-state index contributed by atoms with van der Waals surface area (Å²) in [4.78, 5) is 0. The van der Waals surface area contributed by atoms with Crippen molar-refractivity contribution < 1.29 is 0 Å². The first-order chi connectivity index (χ1) is 3.35. The molecule has 0 atom stereocenters. The van der Waals surface area contributed by atoms with E-state index in [-0.39, 0.29) is 0 Å². The van der Waals surface area contributed by atoms with Gasteiger partial charge in [0.1, 0.15) is 0 Å². The summed E-state index contributed by atoms with van der Waals surface area (Å²) in [6.07, 6.45) is 2.78. The fourth-order valence-corrected chi connectivity index (χ4v) is 2.02. The molecule has 0 saturated carbocycles. The van der Waals surface area contributed by atoms with Crippen molar-refractivity contribution >= 4 is 10.2 Å². The summed E-state index contributed by atoms with van der Waals surface area (Å²) in [5.74, 6) is 1.05. The first-order valence-electron chi connectivity index (χ1n) is 3.35. The summed E-state index contributed by atoms with van der Waals surface area (Å²) < 4.78 is 0. The van der Waals surface area contributed by atoms with Gasteiger partial charge in [-0.25, -0.2) is 0 Å². The van der Waals surface area contributed by atoms with Crippen molar-refractivity contribution in [3.63, 3.8) is 0 Å². The Hall–Kier alpha value is 0.217. The number of hydrogen-bond donors (Lipinski definition) is 0. The average molecular weight is 116 g/mol. The Morgan fingerprint density at radius 2 is 1.71 bits per heavy atom. The average Bonchev–Trinajstić information content (AvgIpc) is 1.72. The molecule has 0 amide bonds. The van der Waals surface area contributed by atoms with E-state index >= 15 is 0 Å². The molecule has 0 N–H and O–H groups in total. The SMILES string of the molecule is CCC(CC)C[SiH3]. The van der Waals surface area contributed by atoms with Gasteiger partial charge in [-0.2, -0.15) is 0 Å². The molecule has 0 spiro atoms. The van der Waals surface area contributed by atoms with Gasteiger partial charge in [0.15, 0.2) is 0 Å². The van der Waals surface area contributed by atoms with Crippen LogP contribution in [0.4, 0.5) is 0 Å². The van der Waals surface area contributed by atoms with Gasteiger partial charge in [0, 0.05) is 10.2 Å². The zero-order chi connectivity index (χ0) is 5.70. The Labute approximate surface area is 49.7 Å². The van der Waals surface area contributed by atoms with E-state index in [1.807, 2.05) is 0 Å². The van der Waals surface area contributed by atoms with Crippen LogP contribution >= 0.6 is 0 Å². The minimum atomic E-state index is 1.05. The van der Waals surface area contributed by atoms with E-state index in [9.17, 15) is 0 Å². The second-order valence-electron chi connectivity index (χ2n) is 2.09. The van der Waals surface area contributed by atoms with Gasteiger partial charge in [0.25, 0.3) is 0 Å². The molecule has 0 aromatic heterocycles. The van der Waals surface area contributed by atoms with Crippen LogP contribution in [0.25, 0.3) is 0 Å². The monoisotopic (exact) mass is 116 g/mol. The fraction of sp³-hybridized carbons (Fsp3) is 1.00. The van der Waals surface area contributed by atoms with E-state index in [1.165, 1.54) is 29.1 Å². The van der Waals surface area contributed by atoms with Crippen molar-refractivity contribution in [3.8, 4) is 0 Å². The predicted octanol–water partition coefficient (Wildman–Crippen LogP) is 1.21. The van der Waals surface area contributed by atoms with Crippen LogP contribution in [0.5, 0.6) is 0 Å². The van der Waals surface area contributed by atoms with Crippen molar-refractivity contribution in [2.45, 2.75) is 32.7 Å². The lowest BCUT2D eigenvalue weighted by Crippen LogP contribution is -1.93. The first kappa shape index (κ1) is 7.22. The van der Waals surface area contributed by atoms with Crippen LogP contribution in [0, 0.1) is 5.92 Å². The Morgan fingerprint density at radius 3 is 1.71 bits per heavy atom. The highest BCUT2D eigenvalue weighted by Crippen LogP contribution is 2.09. The molecule has 0 nitrogen and oxygen atoms in total. The van der Waals surface area contributed by atoms with Crippen molar-refractivity contribution in [2.75, 3.05) is 0 Å². The largest absolute Gasteiger partial charge is 0.0651 e. The van der Waals surface area contributed by atoms with Gasteiger partial charge in [-0.1, -0.05) is 32.7 Å². The van der Waals surface area contributed by atoms with Crippen LogP contribution in [0.15, 0.2) is 0 Å². The molecule has 0 radical (unpaired) electrons. The molecule has 0 aliphatic carbocycles. The normalized spacial score (nSPS) is 10.7. The van der Waals surface area contributed by atoms with Gasteiger partial charge in [-0.3, -0.25) is 0 Å². The Balaban J connectivity index is 2.99. The molecule has 1 heteroatoms. The quantitative estimate of drug-likeness (QED) is 0.486. The molecule has 0 saturated heterocycles. The number of rotatable bonds is 3. The Morgan fingerprint density at radius 1 is 1.29 bits per heavy atom. The predicted molar refractivity (Wildman–Crippen MR) is 38.8 cm³/mol. The van der Waals surface area contributed by atoms with Crippen LogP contribution < -0.4 is 0 Å². The zero-order valence-electron chi connectivity index (χ0n) is 5.70. The van der Waals surface area contributed by atoms with Gasteiger partial charge in [0.2, 0.25) is 0 Å². The van der Waals surface area contributed by atoms with Crippen LogP contribution in [-0.4, -0.2) is 10.2 Å². The maximum absolute atomic E-state index is 2.28. The summed E-state index contributed by atoms with van der Waals surface area (Å²) in [5.41, 5.74) is 0. The van der Waals surface area contributed by atoms with Gasteiger partial charge < -0.3 is 0 Å². The van der Waals surface area contributed by atoms with Gasteiger partial charge in [0.05, 0.1) is 0 Å². The van der Waals surface area contributed by atoms with E-state index in [1.54, 1.807) is 0 Å². The van der Waals surface area contributed by atoms with Gasteiger partial charge in [-0.15, -0.1) is 0 Å². The van der Waals surface area contributed by atoms with Crippen LogP contribution in [0.1, 0.15) is 26.7 Å². The zero-order valence-corrected chi connectivity index (χ0v) is 7.70. The topological polar surface area (TPSA) is 0 Å². The molecule has 7 heavy (non-hydrogen) atoms. The fourth-order valence-electron chi connectivity index (χ4n) is 0.866. The van der Waals surface area contributed by atoms with Crippen molar-refractivity contribution in [3.05, 3.63) is 0 Å². The van der Waals surface area contributed by atoms with E-state index in [0.717, 1.165) is 5.92 Å². The molecule has 0 bridgehead atoms. The standard InChI is InChI=1S/C6H16Si/c1-3-6(4-2)5-7/h6H,3-5H2,1-2,7H3. The molecular weight excluding hydrogens is 100 g/mol. The molecule has 0 heterocycles. The van der Waals surface area contributed by atoms with E-state index in [0.29, 0.717) is 0 Å². The maximum Gasteiger partial charge on any atom is 0.00314 e. The summed E-state index contributed by atoms with van der Waals surface area (Å²) in [5, 5.41) is 0. The molecule has 0 aromatic rings. The smallest absolute Gasteiger partial charge is 0.00314 e. The van der Waals surface area contributed by atoms with Crippen molar-refractivity contribution in [1.82, 2.24) is 0 Å². The molecule has 44 valence electrons. The third-order valence-electron chi connectivity index (χ3n) is 1.73. The molecule has 0 aliphatic heterocycles. The lowest BCUT2D eigenvalue weighted by atomic mass is 10.1. The van der Waals surface area contributed by atoms with Crippen molar-refractivity contribution in [1.29, 1.82) is 0 Å². The molecule has 0 fully saturated rings. The van der Waals surface area contributed by atoms with Crippen LogP contribution in [0.2, 0.25) is 6.04 Å².